The van der Waals surface area contributed by atoms with Crippen LogP contribution in [0.5, 0.6) is 11.5 Å². The molecule has 0 unspecified atom stereocenters. The van der Waals surface area contributed by atoms with Crippen LogP contribution in [-0.2, 0) is 16.1 Å². The van der Waals surface area contributed by atoms with Gasteiger partial charge in [0.2, 0.25) is 5.91 Å². The van der Waals surface area contributed by atoms with Crippen LogP contribution in [0.4, 0.5) is 14.9 Å². The second-order valence-corrected chi connectivity index (χ2v) is 10.7. The number of nitrogens with zero attached hydrogens (tertiary/aromatic N) is 3. The minimum absolute atomic E-state index is 0.0417. The third-order valence-corrected chi connectivity index (χ3v) is 7.81. The van der Waals surface area contributed by atoms with E-state index in [0.29, 0.717) is 33.5 Å². The molecule has 1 N–H and O–H groups in total. The molecular weight excluding hydrogens is 587 g/mol. The summed E-state index contributed by atoms with van der Waals surface area (Å²) in [5.74, 6) is 0.626. The van der Waals surface area contributed by atoms with Crippen molar-refractivity contribution in [3.05, 3.63) is 113 Å². The Bertz CT molecular complexity index is 1840. The van der Waals surface area contributed by atoms with E-state index in [-0.39, 0.29) is 24.8 Å². The smallest absolute Gasteiger partial charge is 0.407 e. The fraction of sp³-hybridized carbons (Fsp3) is 0.182. The van der Waals surface area contributed by atoms with Crippen molar-refractivity contribution in [2.24, 2.45) is 0 Å². The number of benzene rings is 4. The molecule has 2 heterocycles. The lowest BCUT2D eigenvalue weighted by Crippen LogP contribution is -2.40. The van der Waals surface area contributed by atoms with Crippen molar-refractivity contribution >= 4 is 40.2 Å². The second kappa shape index (κ2) is 12.3. The summed E-state index contributed by atoms with van der Waals surface area (Å²) in [7, 11) is 3.08. The third-order valence-electron chi connectivity index (χ3n) is 7.57. The predicted molar refractivity (Wildman–Crippen MR) is 164 cm³/mol. The number of amides is 2. The molecule has 44 heavy (non-hydrogen) atoms. The third kappa shape index (κ3) is 5.76. The molecule has 0 radical (unpaired) electrons. The minimum atomic E-state index is -0.675. The Morgan fingerprint density at radius 3 is 2.55 bits per heavy atom. The molecular formula is C33H28ClFN4O5. The van der Waals surface area contributed by atoms with Gasteiger partial charge in [0, 0.05) is 34.1 Å². The number of carbonyl (C=O) groups excluding carboxylic acids is 2. The van der Waals surface area contributed by atoms with Gasteiger partial charge in [-0.25, -0.2) is 13.9 Å². The number of halogens is 2. The fourth-order valence-corrected chi connectivity index (χ4v) is 5.70. The number of hydrogen-bond donors (Lipinski definition) is 1. The summed E-state index contributed by atoms with van der Waals surface area (Å²) >= 11 is 6.35. The first-order valence-corrected chi connectivity index (χ1v) is 14.2. The number of fused-ring (bicyclic) bond motifs is 1. The van der Waals surface area contributed by atoms with Gasteiger partial charge in [0.25, 0.3) is 0 Å². The van der Waals surface area contributed by atoms with Crippen molar-refractivity contribution in [1.29, 1.82) is 0 Å². The molecule has 0 saturated carbocycles. The molecule has 224 valence electrons. The molecule has 5 aromatic rings. The van der Waals surface area contributed by atoms with Crippen LogP contribution < -0.4 is 19.7 Å². The summed E-state index contributed by atoms with van der Waals surface area (Å²) < 4.78 is 31.4. The Labute approximate surface area is 257 Å². The Kier molecular flexibility index (Phi) is 8.08. The number of ether oxygens (including phenoxy) is 3. The maximum atomic E-state index is 13.6. The highest BCUT2D eigenvalue weighted by Gasteiger charge is 2.43. The number of alkyl carbamates (subject to hydrolysis) is 1. The first-order valence-electron chi connectivity index (χ1n) is 13.8. The van der Waals surface area contributed by atoms with Crippen molar-refractivity contribution in [3.63, 3.8) is 0 Å². The Balaban J connectivity index is 1.27. The monoisotopic (exact) mass is 614 g/mol. The molecule has 9 nitrogen and oxygen atoms in total. The molecule has 0 bridgehead atoms. The topological polar surface area (TPSA) is 94.9 Å². The molecule has 1 fully saturated rings. The summed E-state index contributed by atoms with van der Waals surface area (Å²) in [6.07, 6.45) is 1.06. The summed E-state index contributed by atoms with van der Waals surface area (Å²) in [6, 6.07) is 22.9. The van der Waals surface area contributed by atoms with Crippen LogP contribution in [0.1, 0.15) is 23.6 Å². The lowest BCUT2D eigenvalue weighted by molar-refractivity contribution is -0.117. The van der Waals surface area contributed by atoms with E-state index >= 15 is 0 Å². The van der Waals surface area contributed by atoms with Gasteiger partial charge in [-0.05, 0) is 72.3 Å². The molecule has 1 saturated heterocycles. The lowest BCUT2D eigenvalue weighted by atomic mass is 9.99. The van der Waals surface area contributed by atoms with Crippen molar-refractivity contribution < 1.29 is 28.2 Å². The fourth-order valence-electron chi connectivity index (χ4n) is 5.51. The molecule has 1 aliphatic rings. The molecule has 0 aliphatic carbocycles. The quantitative estimate of drug-likeness (QED) is 0.211. The normalized spacial score (nSPS) is 16.3. The van der Waals surface area contributed by atoms with Crippen LogP contribution >= 0.6 is 11.6 Å². The zero-order valence-corrected chi connectivity index (χ0v) is 24.6. The van der Waals surface area contributed by atoms with Gasteiger partial charge >= 0.3 is 6.09 Å². The van der Waals surface area contributed by atoms with E-state index < -0.39 is 18.2 Å². The van der Waals surface area contributed by atoms with E-state index in [1.54, 1.807) is 71.4 Å². The van der Waals surface area contributed by atoms with E-state index in [1.165, 1.54) is 19.2 Å². The minimum Gasteiger partial charge on any atom is -0.497 e. The summed E-state index contributed by atoms with van der Waals surface area (Å²) in [5.41, 5.74) is 3.55. The molecule has 2 amide bonds. The zero-order chi connectivity index (χ0) is 30.8. The van der Waals surface area contributed by atoms with Gasteiger partial charge < -0.3 is 24.4 Å². The van der Waals surface area contributed by atoms with Crippen LogP contribution in [0.15, 0.2) is 91.1 Å². The summed E-state index contributed by atoms with van der Waals surface area (Å²) in [5, 5.41) is 8.66. The second-order valence-electron chi connectivity index (χ2n) is 10.2. The molecule has 1 aliphatic heterocycles. The van der Waals surface area contributed by atoms with Crippen molar-refractivity contribution in [2.45, 2.75) is 25.1 Å². The molecule has 0 spiro atoms. The van der Waals surface area contributed by atoms with E-state index in [2.05, 4.69) is 10.4 Å². The van der Waals surface area contributed by atoms with Gasteiger partial charge in [0.1, 0.15) is 23.9 Å². The zero-order valence-electron chi connectivity index (χ0n) is 23.9. The lowest BCUT2D eigenvalue weighted by Gasteiger charge is -2.29. The Morgan fingerprint density at radius 1 is 1.00 bits per heavy atom. The number of anilines is 1. The summed E-state index contributed by atoms with van der Waals surface area (Å²) in [4.78, 5) is 28.3. The van der Waals surface area contributed by atoms with Gasteiger partial charge in [-0.2, -0.15) is 5.10 Å². The molecule has 1 aromatic heterocycles. The highest BCUT2D eigenvalue weighted by atomic mass is 35.5. The maximum Gasteiger partial charge on any atom is 0.407 e. The number of carbonyl (C=O) groups is 2. The van der Waals surface area contributed by atoms with Gasteiger partial charge in [-0.3, -0.25) is 4.79 Å². The average Bonchev–Trinajstić information content (AvgIpc) is 3.60. The summed E-state index contributed by atoms with van der Waals surface area (Å²) in [6.45, 7) is -0.0417. The SMILES string of the molecule is COc1ccc(COC(=O)N[C@H]2CC(=O)N(c3ccc4c(cnn4-c4ccc(F)cc4)c3)[C@@H]2c2cccc(Cl)c2)c(OC)c1. The molecule has 6 rings (SSSR count). The number of aromatic nitrogens is 2. The first-order chi connectivity index (χ1) is 21.3. The highest BCUT2D eigenvalue weighted by molar-refractivity contribution is 6.30. The van der Waals surface area contributed by atoms with E-state index in [9.17, 15) is 14.0 Å². The van der Waals surface area contributed by atoms with Crippen LogP contribution in [0.3, 0.4) is 0 Å². The molecule has 2 atom stereocenters. The van der Waals surface area contributed by atoms with Crippen molar-refractivity contribution in [2.75, 3.05) is 19.1 Å². The van der Waals surface area contributed by atoms with Crippen LogP contribution in [0.2, 0.25) is 5.02 Å². The standard InChI is InChI=1S/C33H28ClFN4O5/c1-42-27-12-6-21(30(16-27)43-2)19-44-33(41)37-28-17-31(40)38(32(28)20-4-3-5-23(34)14-20)26-11-13-29-22(15-26)18-36-39(29)25-9-7-24(35)8-10-25/h3-16,18,28,32H,17,19H2,1-2H3,(H,37,41)/t28-,32+/m0/s1. The number of rotatable bonds is 8. The van der Waals surface area contributed by atoms with Gasteiger partial charge in [0.05, 0.1) is 43.7 Å². The number of nitrogens with one attached hydrogen (secondary N) is 1. The maximum absolute atomic E-state index is 13.6. The van der Waals surface area contributed by atoms with Crippen molar-refractivity contribution in [1.82, 2.24) is 15.1 Å². The first kappa shape index (κ1) is 29.0. The Hall–Kier alpha value is -5.09. The number of hydrogen-bond acceptors (Lipinski definition) is 6. The van der Waals surface area contributed by atoms with E-state index in [1.807, 2.05) is 24.3 Å². The van der Waals surface area contributed by atoms with E-state index in [4.69, 9.17) is 25.8 Å². The predicted octanol–water partition coefficient (Wildman–Crippen LogP) is 6.61. The van der Waals surface area contributed by atoms with Gasteiger partial charge in [-0.1, -0.05) is 23.7 Å². The number of methoxy groups -OCH3 is 2. The van der Waals surface area contributed by atoms with Crippen LogP contribution in [0.25, 0.3) is 16.6 Å². The van der Waals surface area contributed by atoms with Crippen molar-refractivity contribution in [3.8, 4) is 17.2 Å². The average molecular weight is 615 g/mol. The van der Waals surface area contributed by atoms with Gasteiger partial charge in [-0.15, -0.1) is 0 Å². The van der Waals surface area contributed by atoms with Gasteiger partial charge in [0.15, 0.2) is 0 Å². The van der Waals surface area contributed by atoms with Crippen LogP contribution in [0, 0.1) is 5.82 Å². The molecule has 4 aromatic carbocycles. The van der Waals surface area contributed by atoms with E-state index in [0.717, 1.165) is 16.5 Å². The largest absolute Gasteiger partial charge is 0.497 e. The highest BCUT2D eigenvalue weighted by Crippen LogP contribution is 2.39. The van der Waals surface area contributed by atoms with Crippen LogP contribution in [-0.4, -0.2) is 42.0 Å². The molecule has 11 heteroatoms. The Morgan fingerprint density at radius 2 is 1.80 bits per heavy atom.